The van der Waals surface area contributed by atoms with Gasteiger partial charge in [0.25, 0.3) is 0 Å². The average Bonchev–Trinajstić information content (AvgIpc) is 2.81. The molecule has 1 aromatic carbocycles. The Hall–Kier alpha value is -2.28. The average molecular weight is 299 g/mol. The third kappa shape index (κ3) is 3.00. The number of carbonyl (C=O) groups is 1. The summed E-state index contributed by atoms with van der Waals surface area (Å²) in [6.45, 7) is 1.59. The molecule has 0 saturated heterocycles. The number of carboxylic acid groups (broad SMARTS) is 1. The lowest BCUT2D eigenvalue weighted by Crippen LogP contribution is -2.06. The second kappa shape index (κ2) is 5.79. The van der Waals surface area contributed by atoms with Crippen LogP contribution in [-0.2, 0) is 6.61 Å². The second-order valence-corrected chi connectivity index (χ2v) is 4.24. The third-order valence-electron chi connectivity index (χ3n) is 2.39. The van der Waals surface area contributed by atoms with Gasteiger partial charge in [-0.2, -0.15) is 4.98 Å². The van der Waals surface area contributed by atoms with Gasteiger partial charge in [0, 0.05) is 18.0 Å². The van der Waals surface area contributed by atoms with Crippen LogP contribution in [0.4, 0.5) is 0 Å². The van der Waals surface area contributed by atoms with Crippen LogP contribution in [-0.4, -0.2) is 28.3 Å². The summed E-state index contributed by atoms with van der Waals surface area (Å²) in [6, 6.07) is 2.74. The van der Waals surface area contributed by atoms with Crippen LogP contribution in [0, 0.1) is 6.92 Å². The number of hydrogen-bond donors (Lipinski definition) is 1. The second-order valence-electron chi connectivity index (χ2n) is 3.81. The molecule has 0 unspecified atom stereocenters. The van der Waals surface area contributed by atoms with Gasteiger partial charge in [-0.05, 0) is 6.07 Å². The van der Waals surface area contributed by atoms with Crippen LogP contribution in [0.25, 0.3) is 0 Å². The SMILES string of the molecule is COc1cc(Cl)cc(C(=O)O)c1OCc1noc(C)n1. The molecule has 0 fully saturated rings. The highest BCUT2D eigenvalue weighted by Crippen LogP contribution is 2.35. The maximum Gasteiger partial charge on any atom is 0.339 e. The zero-order valence-electron chi connectivity index (χ0n) is 10.7. The summed E-state index contributed by atoms with van der Waals surface area (Å²) < 4.78 is 15.3. The molecule has 1 aromatic heterocycles. The molecule has 0 amide bonds. The molecule has 1 heterocycles. The highest BCUT2D eigenvalue weighted by Gasteiger charge is 2.19. The van der Waals surface area contributed by atoms with Crippen LogP contribution in [0.5, 0.6) is 11.5 Å². The molecular weight excluding hydrogens is 288 g/mol. The first-order valence-corrected chi connectivity index (χ1v) is 5.92. The van der Waals surface area contributed by atoms with Crippen molar-refractivity contribution >= 4 is 17.6 Å². The van der Waals surface area contributed by atoms with E-state index in [1.165, 1.54) is 19.2 Å². The van der Waals surface area contributed by atoms with E-state index in [1.807, 2.05) is 0 Å². The number of ether oxygens (including phenoxy) is 2. The van der Waals surface area contributed by atoms with Gasteiger partial charge in [0.15, 0.2) is 18.1 Å². The topological polar surface area (TPSA) is 94.7 Å². The fourth-order valence-corrected chi connectivity index (χ4v) is 1.77. The Morgan fingerprint density at radius 1 is 1.50 bits per heavy atom. The first-order valence-electron chi connectivity index (χ1n) is 5.54. The Bertz CT molecular complexity index is 641. The summed E-state index contributed by atoms with van der Waals surface area (Å²) in [7, 11) is 1.39. The molecule has 2 aromatic rings. The minimum atomic E-state index is -1.18. The van der Waals surface area contributed by atoms with E-state index >= 15 is 0 Å². The van der Waals surface area contributed by atoms with E-state index in [4.69, 9.17) is 30.7 Å². The maximum atomic E-state index is 11.2. The molecule has 2 rings (SSSR count). The highest BCUT2D eigenvalue weighted by molar-refractivity contribution is 6.31. The van der Waals surface area contributed by atoms with Crippen LogP contribution in [0.15, 0.2) is 16.7 Å². The summed E-state index contributed by atoms with van der Waals surface area (Å²) in [6.07, 6.45) is 0. The zero-order chi connectivity index (χ0) is 14.7. The van der Waals surface area contributed by atoms with Crippen molar-refractivity contribution in [3.63, 3.8) is 0 Å². The zero-order valence-corrected chi connectivity index (χ0v) is 11.5. The van der Waals surface area contributed by atoms with Crippen molar-refractivity contribution in [1.29, 1.82) is 0 Å². The molecule has 20 heavy (non-hydrogen) atoms. The Morgan fingerprint density at radius 2 is 2.25 bits per heavy atom. The molecule has 106 valence electrons. The number of carboxylic acids is 1. The van der Waals surface area contributed by atoms with Crippen LogP contribution >= 0.6 is 11.6 Å². The molecule has 0 aliphatic heterocycles. The van der Waals surface area contributed by atoms with Crippen molar-refractivity contribution in [2.75, 3.05) is 7.11 Å². The summed E-state index contributed by atoms with van der Waals surface area (Å²) in [5.74, 6) is -0.201. The van der Waals surface area contributed by atoms with Gasteiger partial charge in [0.1, 0.15) is 5.56 Å². The quantitative estimate of drug-likeness (QED) is 0.905. The first-order chi connectivity index (χ1) is 9.51. The van der Waals surface area contributed by atoms with Crippen molar-refractivity contribution in [3.05, 3.63) is 34.4 Å². The van der Waals surface area contributed by atoms with E-state index in [-0.39, 0.29) is 28.7 Å². The predicted octanol–water partition coefficient (Wildman–Crippen LogP) is 2.32. The molecule has 0 saturated carbocycles. The Balaban J connectivity index is 2.31. The van der Waals surface area contributed by atoms with Crippen molar-refractivity contribution in [1.82, 2.24) is 10.1 Å². The van der Waals surface area contributed by atoms with Gasteiger partial charge >= 0.3 is 5.97 Å². The molecule has 0 atom stereocenters. The summed E-state index contributed by atoms with van der Waals surface area (Å²) in [5, 5.41) is 13.1. The van der Waals surface area contributed by atoms with Crippen LogP contribution in [0.2, 0.25) is 5.02 Å². The lowest BCUT2D eigenvalue weighted by Gasteiger charge is -2.12. The lowest BCUT2D eigenvalue weighted by molar-refractivity contribution is 0.0690. The number of hydrogen-bond acceptors (Lipinski definition) is 6. The van der Waals surface area contributed by atoms with Gasteiger partial charge in [-0.15, -0.1) is 0 Å². The molecule has 0 spiro atoms. The van der Waals surface area contributed by atoms with E-state index in [2.05, 4.69) is 10.1 Å². The Labute approximate surface area is 119 Å². The molecule has 0 bridgehead atoms. The number of aryl methyl sites for hydroxylation is 1. The lowest BCUT2D eigenvalue weighted by atomic mass is 10.2. The number of methoxy groups -OCH3 is 1. The summed E-state index contributed by atoms with van der Waals surface area (Å²) in [4.78, 5) is 15.2. The minimum absolute atomic E-state index is 0.0460. The van der Waals surface area contributed by atoms with E-state index in [9.17, 15) is 4.79 Å². The third-order valence-corrected chi connectivity index (χ3v) is 2.60. The minimum Gasteiger partial charge on any atom is -0.493 e. The van der Waals surface area contributed by atoms with Gasteiger partial charge in [-0.1, -0.05) is 16.8 Å². The van der Waals surface area contributed by atoms with E-state index in [0.717, 1.165) is 0 Å². The van der Waals surface area contributed by atoms with E-state index in [1.54, 1.807) is 6.92 Å². The smallest absolute Gasteiger partial charge is 0.339 e. The number of aromatic nitrogens is 2. The Morgan fingerprint density at radius 3 is 2.80 bits per heavy atom. The largest absolute Gasteiger partial charge is 0.493 e. The van der Waals surface area contributed by atoms with Crippen LogP contribution < -0.4 is 9.47 Å². The van der Waals surface area contributed by atoms with Crippen LogP contribution in [0.1, 0.15) is 22.1 Å². The van der Waals surface area contributed by atoms with Gasteiger partial charge in [-0.3, -0.25) is 0 Å². The molecule has 8 heteroatoms. The first kappa shape index (κ1) is 14.1. The summed E-state index contributed by atoms with van der Waals surface area (Å²) in [5.41, 5.74) is -0.102. The fourth-order valence-electron chi connectivity index (χ4n) is 1.56. The molecule has 7 nitrogen and oxygen atoms in total. The van der Waals surface area contributed by atoms with Crippen molar-refractivity contribution in [2.45, 2.75) is 13.5 Å². The van der Waals surface area contributed by atoms with Gasteiger partial charge in [0.05, 0.1) is 7.11 Å². The van der Waals surface area contributed by atoms with Crippen molar-refractivity contribution in [2.24, 2.45) is 0 Å². The summed E-state index contributed by atoms with van der Waals surface area (Å²) >= 11 is 5.83. The molecule has 1 N–H and O–H groups in total. The molecular formula is C12H11ClN2O5. The van der Waals surface area contributed by atoms with Gasteiger partial charge in [0.2, 0.25) is 11.7 Å². The van der Waals surface area contributed by atoms with E-state index in [0.29, 0.717) is 11.7 Å². The molecule has 0 aliphatic rings. The normalized spacial score (nSPS) is 10.3. The fraction of sp³-hybridized carbons (Fsp3) is 0.250. The number of nitrogens with zero attached hydrogens (tertiary/aromatic N) is 2. The number of halogens is 1. The van der Waals surface area contributed by atoms with E-state index < -0.39 is 5.97 Å². The highest BCUT2D eigenvalue weighted by atomic mass is 35.5. The van der Waals surface area contributed by atoms with Crippen molar-refractivity contribution in [3.8, 4) is 11.5 Å². The number of benzene rings is 1. The maximum absolute atomic E-state index is 11.2. The predicted molar refractivity (Wildman–Crippen MR) is 68.3 cm³/mol. The van der Waals surface area contributed by atoms with Gasteiger partial charge in [-0.25, -0.2) is 4.79 Å². The Kier molecular flexibility index (Phi) is 4.09. The molecule has 0 radical (unpaired) electrons. The standard InChI is InChI=1S/C12H11ClN2O5/c1-6-14-10(15-20-6)5-19-11-8(12(16)17)3-7(13)4-9(11)18-2/h3-4H,5H2,1-2H3,(H,16,17). The molecule has 0 aliphatic carbocycles. The monoisotopic (exact) mass is 298 g/mol. The van der Waals surface area contributed by atoms with Gasteiger partial charge < -0.3 is 19.1 Å². The van der Waals surface area contributed by atoms with Crippen LogP contribution in [0.3, 0.4) is 0 Å². The number of rotatable bonds is 5. The number of aromatic carboxylic acids is 1. The van der Waals surface area contributed by atoms with Crippen molar-refractivity contribution < 1.29 is 23.9 Å².